The number of oxime groups is 1. The summed E-state index contributed by atoms with van der Waals surface area (Å²) in [4.78, 5) is 16.5. The van der Waals surface area contributed by atoms with Crippen LogP contribution in [0.25, 0.3) is 0 Å². The topological polar surface area (TPSA) is 64.7 Å². The third kappa shape index (κ3) is 2.76. The quantitative estimate of drug-likeness (QED) is 0.639. The van der Waals surface area contributed by atoms with Crippen molar-refractivity contribution in [1.29, 1.82) is 0 Å². The maximum atomic E-state index is 11.4. The van der Waals surface area contributed by atoms with Crippen LogP contribution in [0, 0.1) is 10.1 Å². The average molecular weight is 282 g/mol. The van der Waals surface area contributed by atoms with Crippen molar-refractivity contribution in [3.8, 4) is 0 Å². The fourth-order valence-corrected chi connectivity index (χ4v) is 2.47. The van der Waals surface area contributed by atoms with Crippen molar-refractivity contribution in [2.24, 2.45) is 5.16 Å². The van der Waals surface area contributed by atoms with Gasteiger partial charge in [-0.3, -0.25) is 10.1 Å². The molecule has 0 radical (unpaired) electrons. The summed E-state index contributed by atoms with van der Waals surface area (Å²) >= 11 is 0. The van der Waals surface area contributed by atoms with E-state index in [-0.39, 0.29) is 4.92 Å². The Hall–Kier alpha value is -2.69. The van der Waals surface area contributed by atoms with E-state index in [1.807, 2.05) is 60.7 Å². The smallest absolute Gasteiger partial charge is 0.297 e. The molecule has 3 rings (SSSR count). The summed E-state index contributed by atoms with van der Waals surface area (Å²) in [7, 11) is 0. The van der Waals surface area contributed by atoms with Gasteiger partial charge in [-0.1, -0.05) is 65.8 Å². The van der Waals surface area contributed by atoms with Crippen LogP contribution in [0.2, 0.25) is 0 Å². The first-order valence-corrected chi connectivity index (χ1v) is 6.70. The highest BCUT2D eigenvalue weighted by Crippen LogP contribution is 2.30. The fourth-order valence-electron chi connectivity index (χ4n) is 2.47. The van der Waals surface area contributed by atoms with Gasteiger partial charge >= 0.3 is 0 Å². The highest BCUT2D eigenvalue weighted by molar-refractivity contribution is 5.91. The van der Waals surface area contributed by atoms with E-state index < -0.39 is 12.1 Å². The van der Waals surface area contributed by atoms with Gasteiger partial charge in [0.25, 0.3) is 6.04 Å². The lowest BCUT2D eigenvalue weighted by Crippen LogP contribution is -2.33. The molecule has 5 nitrogen and oxygen atoms in total. The van der Waals surface area contributed by atoms with Gasteiger partial charge in [0.15, 0.2) is 0 Å². The zero-order chi connectivity index (χ0) is 14.7. The van der Waals surface area contributed by atoms with Crippen molar-refractivity contribution in [3.63, 3.8) is 0 Å². The molecule has 0 unspecified atom stereocenters. The third-order valence-corrected chi connectivity index (χ3v) is 3.49. The van der Waals surface area contributed by atoms with Crippen LogP contribution in [0.5, 0.6) is 0 Å². The molecule has 0 spiro atoms. The second-order valence-corrected chi connectivity index (χ2v) is 4.91. The second-order valence-electron chi connectivity index (χ2n) is 4.91. The minimum Gasteiger partial charge on any atom is -0.380 e. The Balaban J connectivity index is 1.84. The Morgan fingerprint density at radius 2 is 1.67 bits per heavy atom. The van der Waals surface area contributed by atoms with Gasteiger partial charge in [0.05, 0.1) is 0 Å². The van der Waals surface area contributed by atoms with Crippen molar-refractivity contribution in [3.05, 3.63) is 81.9 Å². The summed E-state index contributed by atoms with van der Waals surface area (Å²) in [5, 5.41) is 15.4. The highest BCUT2D eigenvalue weighted by atomic mass is 16.7. The zero-order valence-electron chi connectivity index (χ0n) is 11.3. The van der Waals surface area contributed by atoms with Crippen LogP contribution in [0.4, 0.5) is 0 Å². The summed E-state index contributed by atoms with van der Waals surface area (Å²) in [5.41, 5.74) is 2.21. The normalized spacial score (nSPS) is 20.7. The lowest BCUT2D eigenvalue weighted by atomic mass is 9.96. The Bertz CT molecular complexity index is 656. The van der Waals surface area contributed by atoms with E-state index in [1.54, 1.807) is 0 Å². The average Bonchev–Trinajstić information content (AvgIpc) is 2.93. The molecule has 2 aromatic carbocycles. The molecule has 5 heteroatoms. The molecular weight excluding hydrogens is 268 g/mol. The molecule has 1 aliphatic heterocycles. The summed E-state index contributed by atoms with van der Waals surface area (Å²) in [6, 6.07) is 17.8. The van der Waals surface area contributed by atoms with Crippen LogP contribution in [-0.4, -0.2) is 16.7 Å². The molecular formula is C16H14N2O3. The standard InChI is InChI=1S/C16H14N2O3/c19-18(20)15-14(11-12-7-3-1-4-8-12)17-21-16(15)13-9-5-2-6-10-13/h1-10,15-16H,11H2/t15-,16-/m0/s1. The first-order chi connectivity index (χ1) is 10.3. The predicted octanol–water partition coefficient (Wildman–Crippen LogP) is 3.00. The highest BCUT2D eigenvalue weighted by Gasteiger charge is 2.44. The fraction of sp³-hybridized carbons (Fsp3) is 0.188. The van der Waals surface area contributed by atoms with Gasteiger partial charge in [0.2, 0.25) is 6.10 Å². The van der Waals surface area contributed by atoms with E-state index in [0.717, 1.165) is 11.1 Å². The summed E-state index contributed by atoms with van der Waals surface area (Å²) in [6.45, 7) is 0. The van der Waals surface area contributed by atoms with E-state index in [9.17, 15) is 10.1 Å². The Labute approximate surface area is 122 Å². The van der Waals surface area contributed by atoms with Gasteiger partial charge in [0, 0.05) is 16.9 Å². The van der Waals surface area contributed by atoms with Gasteiger partial charge in [0.1, 0.15) is 5.71 Å². The zero-order valence-corrected chi connectivity index (χ0v) is 11.3. The van der Waals surface area contributed by atoms with Crippen molar-refractivity contribution >= 4 is 5.71 Å². The largest absolute Gasteiger partial charge is 0.380 e. The molecule has 0 bridgehead atoms. The molecule has 1 heterocycles. The molecule has 0 N–H and O–H groups in total. The first-order valence-electron chi connectivity index (χ1n) is 6.70. The molecule has 1 aliphatic rings. The molecule has 21 heavy (non-hydrogen) atoms. The maximum absolute atomic E-state index is 11.4. The Kier molecular flexibility index (Phi) is 3.64. The van der Waals surface area contributed by atoms with E-state index in [4.69, 9.17) is 4.84 Å². The van der Waals surface area contributed by atoms with Crippen LogP contribution in [0.15, 0.2) is 65.8 Å². The number of hydrogen-bond donors (Lipinski definition) is 0. The first kappa shape index (κ1) is 13.3. The van der Waals surface area contributed by atoms with Crippen LogP contribution >= 0.6 is 0 Å². The number of nitrogens with zero attached hydrogens (tertiary/aromatic N) is 2. The monoisotopic (exact) mass is 282 g/mol. The number of rotatable bonds is 4. The van der Waals surface area contributed by atoms with Gasteiger partial charge < -0.3 is 4.84 Å². The lowest BCUT2D eigenvalue weighted by molar-refractivity contribution is -0.513. The third-order valence-electron chi connectivity index (χ3n) is 3.49. The lowest BCUT2D eigenvalue weighted by Gasteiger charge is -2.12. The minimum absolute atomic E-state index is 0.313. The van der Waals surface area contributed by atoms with Gasteiger partial charge in [-0.05, 0) is 5.56 Å². The molecule has 2 atom stereocenters. The molecule has 0 fully saturated rings. The van der Waals surface area contributed by atoms with Gasteiger partial charge in [-0.2, -0.15) is 0 Å². The Morgan fingerprint density at radius 1 is 1.05 bits per heavy atom. The summed E-state index contributed by atoms with van der Waals surface area (Å²) < 4.78 is 0. The van der Waals surface area contributed by atoms with Gasteiger partial charge in [-0.25, -0.2) is 0 Å². The minimum atomic E-state index is -0.937. The van der Waals surface area contributed by atoms with E-state index in [2.05, 4.69) is 5.16 Å². The molecule has 0 saturated carbocycles. The maximum Gasteiger partial charge on any atom is 0.297 e. The molecule has 0 aliphatic carbocycles. The van der Waals surface area contributed by atoms with Crippen molar-refractivity contribution in [2.75, 3.05) is 0 Å². The van der Waals surface area contributed by atoms with E-state index >= 15 is 0 Å². The molecule has 0 aromatic heterocycles. The number of benzene rings is 2. The second kappa shape index (κ2) is 5.75. The van der Waals surface area contributed by atoms with Crippen molar-refractivity contribution < 1.29 is 9.76 Å². The van der Waals surface area contributed by atoms with Gasteiger partial charge in [-0.15, -0.1) is 0 Å². The Morgan fingerprint density at radius 3 is 2.29 bits per heavy atom. The molecule has 106 valence electrons. The van der Waals surface area contributed by atoms with E-state index in [0.29, 0.717) is 12.1 Å². The van der Waals surface area contributed by atoms with Crippen LogP contribution in [0.3, 0.4) is 0 Å². The van der Waals surface area contributed by atoms with E-state index in [1.165, 1.54) is 0 Å². The van der Waals surface area contributed by atoms with Crippen molar-refractivity contribution in [1.82, 2.24) is 0 Å². The summed E-state index contributed by atoms with van der Waals surface area (Å²) in [5.74, 6) is 0. The van der Waals surface area contributed by atoms with Crippen LogP contribution in [0.1, 0.15) is 17.2 Å². The predicted molar refractivity (Wildman–Crippen MR) is 78.6 cm³/mol. The number of hydrogen-bond acceptors (Lipinski definition) is 4. The number of nitro groups is 1. The SMILES string of the molecule is O=[N+]([O-])[C@H]1C(Cc2ccccc2)=NO[C@H]1c1ccccc1. The summed E-state index contributed by atoms with van der Waals surface area (Å²) in [6.07, 6.45) is -0.226. The molecule has 0 saturated heterocycles. The molecule has 2 aromatic rings. The van der Waals surface area contributed by atoms with Crippen LogP contribution in [-0.2, 0) is 11.3 Å². The van der Waals surface area contributed by atoms with Crippen LogP contribution < -0.4 is 0 Å². The molecule has 0 amide bonds. The van der Waals surface area contributed by atoms with Crippen molar-refractivity contribution in [2.45, 2.75) is 18.6 Å².